The number of unbranched alkanes of at least 4 members (excludes halogenated alkanes) is 18. The van der Waals surface area contributed by atoms with Crippen molar-refractivity contribution in [2.75, 3.05) is 47.5 Å². The van der Waals surface area contributed by atoms with E-state index in [1.165, 1.54) is 89.9 Å². The fourth-order valence-corrected chi connectivity index (χ4v) is 9.90. The maximum absolute atomic E-state index is 12.8. The molecule has 0 aromatic carbocycles. The summed E-state index contributed by atoms with van der Waals surface area (Å²) in [5.74, 6) is -0.912. The molecule has 0 saturated carbocycles. The molecule has 0 bridgehead atoms. The van der Waals surface area contributed by atoms with E-state index >= 15 is 0 Å². The number of carbonyl (C=O) groups is 2. The Kier molecular flexibility index (Phi) is 66.2. The van der Waals surface area contributed by atoms with Crippen LogP contribution < -0.4 is 4.89 Å². The Hall–Kier alpha value is -5.15. The van der Waals surface area contributed by atoms with Crippen molar-refractivity contribution in [2.24, 2.45) is 0 Å². The van der Waals surface area contributed by atoms with E-state index < -0.39 is 32.5 Å². The fraction of sp³-hybridized carbons (Fsp3) is 0.585. The number of esters is 2. The Morgan fingerprint density at radius 3 is 0.902 bits per heavy atom. The molecule has 0 saturated heterocycles. The van der Waals surface area contributed by atoms with Gasteiger partial charge in [0, 0.05) is 12.8 Å². The summed E-state index contributed by atoms with van der Waals surface area (Å²) in [6.07, 6.45) is 110. The van der Waals surface area contributed by atoms with Crippen molar-refractivity contribution in [3.63, 3.8) is 0 Å². The van der Waals surface area contributed by atoms with Crippen molar-refractivity contribution in [3.05, 3.63) is 194 Å². The average Bonchev–Trinajstić information content (AvgIpc) is 2.14. The molecule has 2 unspecified atom stereocenters. The number of phosphoric acid groups is 1. The molecule has 92 heavy (non-hydrogen) atoms. The van der Waals surface area contributed by atoms with Gasteiger partial charge in [-0.15, -0.1) is 0 Å². The SMILES string of the molecule is CC/C=C\C/C=C\C/C=C\C/C=C\C/C=C\C/C=C\C/C=C\C/C=C\C/C=C\CCCC(=O)OC(COC(=O)CCCCCCCCCCCCCCCCCCC/C=C\C/C=C\C/C=C\C/C=C\C/C=C\C/C=C\C/C=C\CC)COP(=O)([O-])OCC[N+](C)(C)C. The number of carbonyl (C=O) groups excluding carboxylic acids is 2. The minimum absolute atomic E-state index is 0.0511. The Morgan fingerprint density at radius 1 is 0.337 bits per heavy atom. The van der Waals surface area contributed by atoms with Gasteiger partial charge in [-0.1, -0.05) is 305 Å². The van der Waals surface area contributed by atoms with Crippen LogP contribution in [0, 0.1) is 0 Å². The molecule has 0 N–H and O–H groups in total. The fourth-order valence-electron chi connectivity index (χ4n) is 9.17. The summed E-state index contributed by atoms with van der Waals surface area (Å²) in [5, 5.41) is 0. The van der Waals surface area contributed by atoms with Crippen LogP contribution in [0.3, 0.4) is 0 Å². The largest absolute Gasteiger partial charge is 0.756 e. The standard InChI is InChI=1S/C82H132NO8P/c1-6-8-10-12-14-16-18-20-22-24-26-28-30-32-34-36-37-38-39-40-41-42-43-44-45-47-48-50-52-54-56-58-60-62-64-66-68-70-72-74-81(84)88-78-80(79-90-92(86,87)89-77-76-83(3,4)5)91-82(85)75-73-71-69-67-65-63-61-59-57-55-53-51-49-46-35-33-31-29-27-25-23-21-19-17-15-13-11-9-7-2/h8-11,14-17,20-23,26-29,32-35,37-38,40-41,49,51,55,57,61,63,67,69,80H,6-7,12-13,18-19,24-25,30-31,36,39,42-48,50,52-54,56,58-60,62,64-66,68,70-79H2,1-5H3/b10-8-,11-9-,16-14-,17-15-,22-20-,23-21-,28-26-,29-27-,34-32-,35-33-,38-37-,41-40-,51-49-,57-55-,63-61-,69-67-. The number of phosphoric ester groups is 1. The van der Waals surface area contributed by atoms with Crippen LogP contribution in [0.5, 0.6) is 0 Å². The number of allylic oxidation sites excluding steroid dienone is 32. The van der Waals surface area contributed by atoms with Crippen LogP contribution >= 0.6 is 7.82 Å². The minimum Gasteiger partial charge on any atom is -0.756 e. The third-order valence-corrected chi connectivity index (χ3v) is 15.6. The van der Waals surface area contributed by atoms with Gasteiger partial charge in [-0.3, -0.25) is 14.2 Å². The van der Waals surface area contributed by atoms with Crippen molar-refractivity contribution in [1.29, 1.82) is 0 Å². The highest BCUT2D eigenvalue weighted by atomic mass is 31.2. The summed E-state index contributed by atoms with van der Waals surface area (Å²) in [6.45, 7) is 3.93. The number of hydrogen-bond acceptors (Lipinski definition) is 8. The molecule has 0 aliphatic rings. The predicted octanol–water partition coefficient (Wildman–Crippen LogP) is 23.4. The summed E-state index contributed by atoms with van der Waals surface area (Å²) in [4.78, 5) is 38.1. The van der Waals surface area contributed by atoms with Gasteiger partial charge in [-0.2, -0.15) is 0 Å². The first kappa shape index (κ1) is 86.9. The van der Waals surface area contributed by atoms with Crippen LogP contribution in [-0.4, -0.2) is 70.0 Å². The number of likely N-dealkylation sites (N-methyl/N-ethyl adjacent to an activating group) is 1. The molecule has 0 rings (SSSR count). The summed E-state index contributed by atoms with van der Waals surface area (Å²) in [7, 11) is 1.11. The molecule has 0 amide bonds. The molecule has 2 atom stereocenters. The zero-order valence-corrected chi connectivity index (χ0v) is 59.8. The Bertz CT molecular complexity index is 2260. The van der Waals surface area contributed by atoms with Crippen LogP contribution in [0.4, 0.5) is 0 Å². The minimum atomic E-state index is -4.67. The van der Waals surface area contributed by atoms with Crippen molar-refractivity contribution < 1.29 is 42.1 Å². The lowest BCUT2D eigenvalue weighted by molar-refractivity contribution is -0.870. The Morgan fingerprint density at radius 2 is 0.598 bits per heavy atom. The van der Waals surface area contributed by atoms with Gasteiger partial charge in [-0.05, 0) is 135 Å². The van der Waals surface area contributed by atoms with Crippen molar-refractivity contribution in [3.8, 4) is 0 Å². The number of quaternary nitrogens is 1. The summed E-state index contributed by atoms with van der Waals surface area (Å²) in [6, 6.07) is 0. The maximum Gasteiger partial charge on any atom is 0.306 e. The highest BCUT2D eigenvalue weighted by molar-refractivity contribution is 7.45. The van der Waals surface area contributed by atoms with E-state index in [4.69, 9.17) is 18.5 Å². The number of hydrogen-bond donors (Lipinski definition) is 0. The summed E-state index contributed by atoms with van der Waals surface area (Å²) < 4.78 is 34.2. The number of nitrogens with zero attached hydrogens (tertiary/aromatic N) is 1. The van der Waals surface area contributed by atoms with E-state index in [2.05, 4.69) is 202 Å². The lowest BCUT2D eigenvalue weighted by Gasteiger charge is -2.28. The topological polar surface area (TPSA) is 111 Å². The third-order valence-electron chi connectivity index (χ3n) is 14.6. The van der Waals surface area contributed by atoms with Crippen molar-refractivity contribution >= 4 is 19.8 Å². The van der Waals surface area contributed by atoms with Crippen LogP contribution in [0.1, 0.15) is 258 Å². The van der Waals surface area contributed by atoms with Gasteiger partial charge in [0.15, 0.2) is 6.10 Å². The highest BCUT2D eigenvalue weighted by Gasteiger charge is 2.22. The van der Waals surface area contributed by atoms with Gasteiger partial charge in [0.1, 0.15) is 19.8 Å². The number of ether oxygens (including phenoxy) is 2. The highest BCUT2D eigenvalue weighted by Crippen LogP contribution is 2.38. The van der Waals surface area contributed by atoms with Gasteiger partial charge in [0.05, 0.1) is 27.7 Å². The van der Waals surface area contributed by atoms with Gasteiger partial charge in [-0.25, -0.2) is 0 Å². The first-order chi connectivity index (χ1) is 45.0. The summed E-state index contributed by atoms with van der Waals surface area (Å²) in [5.41, 5.74) is 0. The second-order valence-electron chi connectivity index (χ2n) is 24.5. The predicted molar refractivity (Wildman–Crippen MR) is 396 cm³/mol. The molecule has 0 aliphatic carbocycles. The molecule has 10 heteroatoms. The molecule has 9 nitrogen and oxygen atoms in total. The van der Waals surface area contributed by atoms with Crippen molar-refractivity contribution in [2.45, 2.75) is 264 Å². The molecule has 0 aromatic heterocycles. The van der Waals surface area contributed by atoms with E-state index in [-0.39, 0.29) is 26.1 Å². The van der Waals surface area contributed by atoms with E-state index in [0.29, 0.717) is 30.3 Å². The van der Waals surface area contributed by atoms with Crippen molar-refractivity contribution in [1.82, 2.24) is 0 Å². The number of rotatable bonds is 64. The Labute approximate surface area is 564 Å². The molecular weight excluding hydrogens is 1160 g/mol. The first-order valence-electron chi connectivity index (χ1n) is 36.1. The molecule has 0 fully saturated rings. The molecule has 0 aliphatic heterocycles. The van der Waals surface area contributed by atoms with Gasteiger partial charge in [0.25, 0.3) is 7.82 Å². The van der Waals surface area contributed by atoms with Crippen LogP contribution in [-0.2, 0) is 32.7 Å². The first-order valence-corrected chi connectivity index (χ1v) is 37.6. The quantitative estimate of drug-likeness (QED) is 0.0195. The molecule has 0 radical (unpaired) electrons. The summed E-state index contributed by atoms with van der Waals surface area (Å²) >= 11 is 0. The maximum atomic E-state index is 12.8. The van der Waals surface area contributed by atoms with E-state index in [0.717, 1.165) is 122 Å². The molecule has 0 heterocycles. The van der Waals surface area contributed by atoms with Crippen LogP contribution in [0.2, 0.25) is 0 Å². The normalized spacial score (nSPS) is 14.3. The molecular formula is C82H132NO8P. The second kappa shape index (κ2) is 70.2. The molecule has 0 spiro atoms. The smallest absolute Gasteiger partial charge is 0.306 e. The second-order valence-corrected chi connectivity index (χ2v) is 25.9. The van der Waals surface area contributed by atoms with Gasteiger partial charge >= 0.3 is 11.9 Å². The van der Waals surface area contributed by atoms with E-state index in [1.807, 2.05) is 27.2 Å². The molecule has 0 aromatic rings. The average molecular weight is 1290 g/mol. The van der Waals surface area contributed by atoms with Gasteiger partial charge < -0.3 is 27.9 Å². The third kappa shape index (κ3) is 73.9. The molecule has 518 valence electrons. The van der Waals surface area contributed by atoms with E-state index in [1.54, 1.807) is 0 Å². The van der Waals surface area contributed by atoms with Gasteiger partial charge in [0.2, 0.25) is 0 Å². The lowest BCUT2D eigenvalue weighted by atomic mass is 10.0. The monoisotopic (exact) mass is 1290 g/mol. The van der Waals surface area contributed by atoms with Crippen LogP contribution in [0.25, 0.3) is 0 Å². The zero-order valence-electron chi connectivity index (χ0n) is 58.9. The zero-order chi connectivity index (χ0) is 66.9. The van der Waals surface area contributed by atoms with E-state index in [9.17, 15) is 19.0 Å². The lowest BCUT2D eigenvalue weighted by Crippen LogP contribution is -2.37. The Balaban J connectivity index is 4.13. The van der Waals surface area contributed by atoms with Crippen LogP contribution in [0.15, 0.2) is 194 Å².